The lowest BCUT2D eigenvalue weighted by molar-refractivity contribution is -0.113. The molecule has 2 aromatic carbocycles. The van der Waals surface area contributed by atoms with Gasteiger partial charge in [-0.15, -0.1) is 22.0 Å². The van der Waals surface area contributed by atoms with E-state index in [1.165, 1.54) is 22.9 Å². The molecule has 1 heterocycles. The minimum atomic E-state index is -0.0914. The summed E-state index contributed by atoms with van der Waals surface area (Å²) in [6.07, 6.45) is 0. The molecule has 158 valence electrons. The van der Waals surface area contributed by atoms with Crippen LogP contribution in [0.5, 0.6) is 0 Å². The van der Waals surface area contributed by atoms with Gasteiger partial charge in [0.15, 0.2) is 5.16 Å². The van der Waals surface area contributed by atoms with Crippen LogP contribution in [0.1, 0.15) is 29.4 Å². The second-order valence-electron chi connectivity index (χ2n) is 6.87. The highest BCUT2D eigenvalue weighted by molar-refractivity contribution is 7.99. The largest absolute Gasteiger partial charge is 0.325 e. The number of benzene rings is 2. The third-order valence-corrected chi connectivity index (χ3v) is 6.98. The molecule has 0 saturated carbocycles. The highest BCUT2D eigenvalue weighted by Crippen LogP contribution is 2.25. The first-order valence-corrected chi connectivity index (χ1v) is 12.2. The number of hydrogen-bond acceptors (Lipinski definition) is 5. The van der Waals surface area contributed by atoms with Crippen LogP contribution < -0.4 is 5.32 Å². The quantitative estimate of drug-likeness (QED) is 0.413. The van der Waals surface area contributed by atoms with E-state index in [4.69, 9.17) is 11.6 Å². The normalized spacial score (nSPS) is 10.9. The average Bonchev–Trinajstić information content (AvgIpc) is 3.13. The summed E-state index contributed by atoms with van der Waals surface area (Å²) in [4.78, 5) is 12.4. The maximum Gasteiger partial charge on any atom is 0.234 e. The number of carbonyl (C=O) groups is 1. The highest BCUT2D eigenvalue weighted by Gasteiger charge is 2.14. The van der Waals surface area contributed by atoms with Crippen molar-refractivity contribution in [3.8, 4) is 0 Å². The summed E-state index contributed by atoms with van der Waals surface area (Å²) < 4.78 is 2.07. The molecule has 30 heavy (non-hydrogen) atoms. The van der Waals surface area contributed by atoms with E-state index in [-0.39, 0.29) is 11.7 Å². The molecule has 0 spiro atoms. The molecule has 0 aliphatic carbocycles. The fourth-order valence-corrected chi connectivity index (χ4v) is 4.78. The number of anilines is 1. The molecule has 0 saturated heterocycles. The van der Waals surface area contributed by atoms with Gasteiger partial charge in [-0.2, -0.15) is 0 Å². The number of aryl methyl sites for hydroxylation is 1. The number of amides is 1. The standard InChI is InChI=1S/C22H25ClN4OS2/c1-4-27-20(13-29-12-17-10-8-15(2)9-11-17)25-26-22(27)30-14-21(28)24-19-7-5-6-18(23)16(19)3/h5-11H,4,12-14H2,1-3H3,(H,24,28). The van der Waals surface area contributed by atoms with E-state index in [0.717, 1.165) is 40.3 Å². The van der Waals surface area contributed by atoms with E-state index in [1.54, 1.807) is 0 Å². The number of rotatable bonds is 9. The van der Waals surface area contributed by atoms with Gasteiger partial charge in [-0.05, 0) is 44.0 Å². The third-order valence-electron chi connectivity index (χ3n) is 4.60. The van der Waals surface area contributed by atoms with E-state index < -0.39 is 0 Å². The number of halogens is 1. The van der Waals surface area contributed by atoms with Gasteiger partial charge in [0.2, 0.25) is 5.91 Å². The Labute approximate surface area is 191 Å². The second kappa shape index (κ2) is 10.9. The zero-order valence-corrected chi connectivity index (χ0v) is 19.7. The molecule has 0 radical (unpaired) electrons. The molecule has 3 aromatic rings. The summed E-state index contributed by atoms with van der Waals surface area (Å²) in [6.45, 7) is 6.82. The van der Waals surface area contributed by atoms with Crippen molar-refractivity contribution in [1.29, 1.82) is 0 Å². The van der Waals surface area contributed by atoms with Crippen LogP contribution in [-0.4, -0.2) is 26.4 Å². The Kier molecular flexibility index (Phi) is 8.24. The zero-order valence-electron chi connectivity index (χ0n) is 17.3. The lowest BCUT2D eigenvalue weighted by atomic mass is 10.2. The van der Waals surface area contributed by atoms with Gasteiger partial charge in [-0.25, -0.2) is 0 Å². The molecule has 1 amide bonds. The van der Waals surface area contributed by atoms with Crippen LogP contribution in [0, 0.1) is 13.8 Å². The molecular weight excluding hydrogens is 436 g/mol. The molecule has 0 bridgehead atoms. The van der Waals surface area contributed by atoms with E-state index in [9.17, 15) is 4.79 Å². The number of hydrogen-bond donors (Lipinski definition) is 1. The Morgan fingerprint density at radius 3 is 2.60 bits per heavy atom. The number of nitrogens with one attached hydrogen (secondary N) is 1. The van der Waals surface area contributed by atoms with Gasteiger partial charge >= 0.3 is 0 Å². The Morgan fingerprint density at radius 1 is 1.10 bits per heavy atom. The van der Waals surface area contributed by atoms with Crippen molar-refractivity contribution in [2.75, 3.05) is 11.1 Å². The van der Waals surface area contributed by atoms with Crippen molar-refractivity contribution >= 4 is 46.7 Å². The van der Waals surface area contributed by atoms with E-state index in [0.29, 0.717) is 5.02 Å². The molecule has 0 aliphatic rings. The zero-order chi connectivity index (χ0) is 21.5. The number of carbonyl (C=O) groups excluding carboxylic acids is 1. The highest BCUT2D eigenvalue weighted by atomic mass is 35.5. The first-order chi connectivity index (χ1) is 14.5. The van der Waals surface area contributed by atoms with E-state index in [1.807, 2.05) is 36.9 Å². The van der Waals surface area contributed by atoms with Gasteiger partial charge in [0.05, 0.1) is 11.5 Å². The lowest BCUT2D eigenvalue weighted by Gasteiger charge is -2.10. The molecular formula is C22H25ClN4OS2. The molecule has 0 aliphatic heterocycles. The lowest BCUT2D eigenvalue weighted by Crippen LogP contribution is -2.15. The van der Waals surface area contributed by atoms with Crippen molar-refractivity contribution in [3.05, 3.63) is 70.0 Å². The Bertz CT molecular complexity index is 1000. The fraction of sp³-hybridized carbons (Fsp3) is 0.318. The maximum absolute atomic E-state index is 12.4. The molecule has 5 nitrogen and oxygen atoms in total. The van der Waals surface area contributed by atoms with Crippen molar-refractivity contribution in [3.63, 3.8) is 0 Å². The summed E-state index contributed by atoms with van der Waals surface area (Å²) in [5.41, 5.74) is 4.17. The first-order valence-electron chi connectivity index (χ1n) is 9.71. The predicted molar refractivity (Wildman–Crippen MR) is 127 cm³/mol. The monoisotopic (exact) mass is 460 g/mol. The summed E-state index contributed by atoms with van der Waals surface area (Å²) >= 11 is 9.33. The van der Waals surface area contributed by atoms with Gasteiger partial charge in [0.25, 0.3) is 0 Å². The summed E-state index contributed by atoms with van der Waals surface area (Å²) in [5, 5.41) is 13.0. The van der Waals surface area contributed by atoms with Crippen molar-refractivity contribution in [1.82, 2.24) is 14.8 Å². The van der Waals surface area contributed by atoms with Gasteiger partial charge < -0.3 is 9.88 Å². The van der Waals surface area contributed by atoms with Crippen molar-refractivity contribution in [2.45, 2.75) is 44.0 Å². The topological polar surface area (TPSA) is 59.8 Å². The summed E-state index contributed by atoms with van der Waals surface area (Å²) in [7, 11) is 0. The molecule has 0 atom stereocenters. The molecule has 3 rings (SSSR count). The second-order valence-corrected chi connectivity index (χ2v) is 9.21. The van der Waals surface area contributed by atoms with Gasteiger partial charge in [-0.1, -0.05) is 59.3 Å². The molecule has 8 heteroatoms. The molecule has 0 fully saturated rings. The molecule has 1 N–H and O–H groups in total. The molecule has 0 unspecified atom stereocenters. The minimum absolute atomic E-state index is 0.0914. The van der Waals surface area contributed by atoms with Crippen LogP contribution in [0.15, 0.2) is 47.6 Å². The Morgan fingerprint density at radius 2 is 1.87 bits per heavy atom. The smallest absolute Gasteiger partial charge is 0.234 e. The maximum atomic E-state index is 12.4. The van der Waals surface area contributed by atoms with Crippen LogP contribution in [0.25, 0.3) is 0 Å². The minimum Gasteiger partial charge on any atom is -0.325 e. The SMILES string of the molecule is CCn1c(CSCc2ccc(C)cc2)nnc1SCC(=O)Nc1cccc(Cl)c1C. The third kappa shape index (κ3) is 6.03. The Balaban J connectivity index is 1.53. The van der Waals surface area contributed by atoms with Gasteiger partial charge in [0, 0.05) is 23.0 Å². The van der Waals surface area contributed by atoms with Crippen molar-refractivity contribution in [2.24, 2.45) is 0 Å². The Hall–Kier alpha value is -1.96. The number of nitrogens with zero attached hydrogens (tertiary/aromatic N) is 3. The summed E-state index contributed by atoms with van der Waals surface area (Å²) in [6, 6.07) is 14.1. The van der Waals surface area contributed by atoms with Crippen LogP contribution in [0.4, 0.5) is 5.69 Å². The van der Waals surface area contributed by atoms with Gasteiger partial charge in [-0.3, -0.25) is 4.79 Å². The number of thioether (sulfide) groups is 2. The van der Waals surface area contributed by atoms with Crippen LogP contribution in [0.3, 0.4) is 0 Å². The number of aromatic nitrogens is 3. The van der Waals surface area contributed by atoms with E-state index >= 15 is 0 Å². The summed E-state index contributed by atoms with van der Waals surface area (Å²) in [5.74, 6) is 2.82. The van der Waals surface area contributed by atoms with Crippen LogP contribution in [0.2, 0.25) is 5.02 Å². The van der Waals surface area contributed by atoms with Crippen LogP contribution in [-0.2, 0) is 22.8 Å². The van der Waals surface area contributed by atoms with Gasteiger partial charge in [0.1, 0.15) is 5.82 Å². The van der Waals surface area contributed by atoms with E-state index in [2.05, 4.69) is 58.2 Å². The fourth-order valence-electron chi connectivity index (χ4n) is 2.85. The average molecular weight is 461 g/mol. The first kappa shape index (κ1) is 22.7. The molecule has 1 aromatic heterocycles. The predicted octanol–water partition coefficient (Wildman–Crippen LogP) is 5.73. The van der Waals surface area contributed by atoms with Crippen molar-refractivity contribution < 1.29 is 4.79 Å². The van der Waals surface area contributed by atoms with Crippen LogP contribution >= 0.6 is 35.1 Å².